The second-order valence-corrected chi connectivity index (χ2v) is 6.35. The maximum absolute atomic E-state index is 5.66. The van der Waals surface area contributed by atoms with Crippen molar-refractivity contribution in [1.29, 1.82) is 0 Å². The van der Waals surface area contributed by atoms with Crippen LogP contribution in [0.15, 0.2) is 16.7 Å². The molecule has 0 spiro atoms. The van der Waals surface area contributed by atoms with Gasteiger partial charge in [-0.3, -0.25) is 4.90 Å². The molecule has 0 amide bonds. The van der Waals surface area contributed by atoms with Gasteiger partial charge < -0.3 is 9.73 Å². The van der Waals surface area contributed by atoms with Crippen molar-refractivity contribution >= 4 is 0 Å². The first-order chi connectivity index (χ1) is 9.24. The fourth-order valence-corrected chi connectivity index (χ4v) is 3.05. The maximum atomic E-state index is 5.66. The van der Waals surface area contributed by atoms with Crippen molar-refractivity contribution in [2.45, 2.75) is 64.7 Å². The minimum absolute atomic E-state index is 0.688. The van der Waals surface area contributed by atoms with E-state index in [-0.39, 0.29) is 0 Å². The van der Waals surface area contributed by atoms with Gasteiger partial charge in [0.1, 0.15) is 5.76 Å². The van der Waals surface area contributed by atoms with E-state index in [1.165, 1.54) is 37.8 Å². The van der Waals surface area contributed by atoms with Gasteiger partial charge in [-0.05, 0) is 51.1 Å². The average Bonchev–Trinajstić information content (AvgIpc) is 3.13. The lowest BCUT2D eigenvalue weighted by molar-refractivity contribution is 0.106. The van der Waals surface area contributed by atoms with Gasteiger partial charge in [0.2, 0.25) is 0 Å². The van der Waals surface area contributed by atoms with E-state index in [4.69, 9.17) is 4.42 Å². The van der Waals surface area contributed by atoms with Gasteiger partial charge in [0.15, 0.2) is 0 Å². The number of likely N-dealkylation sites (tertiary alicyclic amines) is 1. The Labute approximate surface area is 116 Å². The molecule has 0 bridgehead atoms. The smallest absolute Gasteiger partial charge is 0.122 e. The molecule has 1 aliphatic heterocycles. The molecule has 2 aliphatic rings. The molecule has 3 heteroatoms. The van der Waals surface area contributed by atoms with Crippen LogP contribution in [0.5, 0.6) is 0 Å². The van der Waals surface area contributed by atoms with Crippen LogP contribution in [0.1, 0.15) is 50.9 Å². The second-order valence-electron chi connectivity index (χ2n) is 6.35. The average molecular weight is 262 g/mol. The van der Waals surface area contributed by atoms with E-state index in [9.17, 15) is 0 Å². The normalized spacial score (nSPS) is 28.7. The molecule has 3 nitrogen and oxygen atoms in total. The predicted molar refractivity (Wildman–Crippen MR) is 76.8 cm³/mol. The van der Waals surface area contributed by atoms with Crippen molar-refractivity contribution in [1.82, 2.24) is 10.2 Å². The molecule has 2 heterocycles. The summed E-state index contributed by atoms with van der Waals surface area (Å²) >= 11 is 0. The fraction of sp³-hybridized carbons (Fsp3) is 0.750. The minimum Gasteiger partial charge on any atom is -0.468 e. The summed E-state index contributed by atoms with van der Waals surface area (Å²) in [6, 6.07) is 3.58. The van der Waals surface area contributed by atoms with Crippen LogP contribution in [0.4, 0.5) is 0 Å². The molecule has 0 radical (unpaired) electrons. The second kappa shape index (κ2) is 5.68. The third kappa shape index (κ3) is 3.21. The van der Waals surface area contributed by atoms with E-state index in [1.54, 1.807) is 0 Å². The number of nitrogens with zero attached hydrogens (tertiary/aromatic N) is 1. The highest BCUT2D eigenvalue weighted by molar-refractivity contribution is 5.17. The number of nitrogens with one attached hydrogen (secondary N) is 1. The van der Waals surface area contributed by atoms with Crippen molar-refractivity contribution in [3.63, 3.8) is 0 Å². The summed E-state index contributed by atoms with van der Waals surface area (Å²) in [7, 11) is 0. The zero-order chi connectivity index (χ0) is 13.2. The van der Waals surface area contributed by atoms with Gasteiger partial charge in [-0.15, -0.1) is 0 Å². The van der Waals surface area contributed by atoms with Crippen LogP contribution < -0.4 is 5.32 Å². The quantitative estimate of drug-likeness (QED) is 0.883. The largest absolute Gasteiger partial charge is 0.468 e. The molecular weight excluding hydrogens is 236 g/mol. The lowest BCUT2D eigenvalue weighted by Gasteiger charge is -2.37. The summed E-state index contributed by atoms with van der Waals surface area (Å²) in [6.45, 7) is 7.91. The zero-order valence-electron chi connectivity index (χ0n) is 12.2. The molecule has 2 fully saturated rings. The Hall–Kier alpha value is -0.800. The SMILES string of the molecule is CC1CCCN(Cc2ccoc2CNC2CC2)C1C. The third-order valence-electron chi connectivity index (χ3n) is 4.84. The van der Waals surface area contributed by atoms with Crippen molar-refractivity contribution in [3.8, 4) is 0 Å². The van der Waals surface area contributed by atoms with Crippen LogP contribution in [0.25, 0.3) is 0 Å². The molecular formula is C16H26N2O. The standard InChI is InChI=1S/C16H26N2O/c1-12-4-3-8-18(13(12)2)11-14-7-9-19-16(14)10-17-15-5-6-15/h7,9,12-13,15,17H,3-6,8,10-11H2,1-2H3. The van der Waals surface area contributed by atoms with Gasteiger partial charge in [-0.25, -0.2) is 0 Å². The Kier molecular flexibility index (Phi) is 3.94. The highest BCUT2D eigenvalue weighted by Crippen LogP contribution is 2.26. The Morgan fingerprint density at radius 2 is 2.16 bits per heavy atom. The van der Waals surface area contributed by atoms with Crippen LogP contribution in [0.2, 0.25) is 0 Å². The molecule has 1 aromatic rings. The monoisotopic (exact) mass is 262 g/mol. The molecule has 2 atom stereocenters. The van der Waals surface area contributed by atoms with Gasteiger partial charge in [-0.2, -0.15) is 0 Å². The number of piperidine rings is 1. The summed E-state index contributed by atoms with van der Waals surface area (Å²) in [5, 5.41) is 3.54. The van der Waals surface area contributed by atoms with Gasteiger partial charge in [0.05, 0.1) is 12.8 Å². The summed E-state index contributed by atoms with van der Waals surface area (Å²) in [5.41, 5.74) is 1.37. The maximum Gasteiger partial charge on any atom is 0.122 e. The van der Waals surface area contributed by atoms with Gasteiger partial charge >= 0.3 is 0 Å². The zero-order valence-corrected chi connectivity index (χ0v) is 12.2. The van der Waals surface area contributed by atoms with Crippen LogP contribution in [0, 0.1) is 5.92 Å². The Bertz CT molecular complexity index is 411. The Morgan fingerprint density at radius 1 is 1.32 bits per heavy atom. The van der Waals surface area contributed by atoms with E-state index in [1.807, 2.05) is 6.26 Å². The van der Waals surface area contributed by atoms with E-state index >= 15 is 0 Å². The van der Waals surface area contributed by atoms with Crippen LogP contribution >= 0.6 is 0 Å². The highest BCUT2D eigenvalue weighted by atomic mass is 16.3. The van der Waals surface area contributed by atoms with Gasteiger partial charge in [0.25, 0.3) is 0 Å². The fourth-order valence-electron chi connectivity index (χ4n) is 3.05. The topological polar surface area (TPSA) is 28.4 Å². The summed E-state index contributed by atoms with van der Waals surface area (Å²) < 4.78 is 5.66. The van der Waals surface area contributed by atoms with Crippen molar-refractivity contribution in [3.05, 3.63) is 23.7 Å². The summed E-state index contributed by atoms with van der Waals surface area (Å²) in [6.07, 6.45) is 7.21. The van der Waals surface area contributed by atoms with E-state index in [0.29, 0.717) is 6.04 Å². The van der Waals surface area contributed by atoms with Crippen molar-refractivity contribution in [2.75, 3.05) is 6.54 Å². The first kappa shape index (κ1) is 13.2. The molecule has 106 valence electrons. The molecule has 1 N–H and O–H groups in total. The van der Waals surface area contributed by atoms with Crippen LogP contribution in [-0.4, -0.2) is 23.5 Å². The summed E-state index contributed by atoms with van der Waals surface area (Å²) in [4.78, 5) is 2.61. The number of furan rings is 1. The van der Waals surface area contributed by atoms with Gasteiger partial charge in [0, 0.05) is 24.2 Å². The van der Waals surface area contributed by atoms with Crippen LogP contribution in [-0.2, 0) is 13.1 Å². The summed E-state index contributed by atoms with van der Waals surface area (Å²) in [5.74, 6) is 1.95. The predicted octanol–water partition coefficient (Wildman–Crippen LogP) is 3.15. The molecule has 0 aromatic carbocycles. The van der Waals surface area contributed by atoms with Crippen LogP contribution in [0.3, 0.4) is 0 Å². The number of hydrogen-bond donors (Lipinski definition) is 1. The first-order valence-corrected chi connectivity index (χ1v) is 7.76. The molecule has 19 heavy (non-hydrogen) atoms. The molecule has 3 rings (SSSR count). The number of rotatable bonds is 5. The van der Waals surface area contributed by atoms with Crippen molar-refractivity contribution < 1.29 is 4.42 Å². The molecule has 1 saturated heterocycles. The molecule has 1 aromatic heterocycles. The number of hydrogen-bond acceptors (Lipinski definition) is 3. The Balaban J connectivity index is 1.60. The Morgan fingerprint density at radius 3 is 2.95 bits per heavy atom. The lowest BCUT2D eigenvalue weighted by atomic mass is 9.92. The molecule has 2 unspecified atom stereocenters. The molecule has 1 aliphatic carbocycles. The van der Waals surface area contributed by atoms with E-state index in [0.717, 1.165) is 30.8 Å². The first-order valence-electron chi connectivity index (χ1n) is 7.76. The van der Waals surface area contributed by atoms with Crippen molar-refractivity contribution in [2.24, 2.45) is 5.92 Å². The van der Waals surface area contributed by atoms with E-state index < -0.39 is 0 Å². The highest BCUT2D eigenvalue weighted by Gasteiger charge is 2.26. The van der Waals surface area contributed by atoms with Gasteiger partial charge in [-0.1, -0.05) is 6.92 Å². The van der Waals surface area contributed by atoms with E-state index in [2.05, 4.69) is 30.1 Å². The lowest BCUT2D eigenvalue weighted by Crippen LogP contribution is -2.41. The minimum atomic E-state index is 0.688. The third-order valence-corrected chi connectivity index (χ3v) is 4.84. The molecule has 1 saturated carbocycles.